The Balaban J connectivity index is 1.68. The SMILES string of the molecule is Oc1ccc(-c2cnc(-c3ccccc3Oc3ccccc3)o2)cc1. The van der Waals surface area contributed by atoms with Gasteiger partial charge in [0.1, 0.15) is 17.2 Å². The summed E-state index contributed by atoms with van der Waals surface area (Å²) in [6, 6.07) is 24.0. The average Bonchev–Trinajstić information content (AvgIpc) is 3.14. The number of ether oxygens (including phenoxy) is 1. The molecule has 0 atom stereocenters. The highest BCUT2D eigenvalue weighted by atomic mass is 16.5. The minimum absolute atomic E-state index is 0.213. The maximum Gasteiger partial charge on any atom is 0.230 e. The van der Waals surface area contributed by atoms with Gasteiger partial charge in [0.2, 0.25) is 5.89 Å². The van der Waals surface area contributed by atoms with E-state index in [0.717, 1.165) is 16.9 Å². The predicted molar refractivity (Wildman–Crippen MR) is 95.6 cm³/mol. The number of aromatic nitrogens is 1. The number of oxazole rings is 1. The molecule has 0 unspecified atom stereocenters. The summed E-state index contributed by atoms with van der Waals surface area (Å²) < 4.78 is 11.9. The molecular weight excluding hydrogens is 314 g/mol. The van der Waals surface area contributed by atoms with E-state index >= 15 is 0 Å². The molecule has 4 rings (SSSR count). The van der Waals surface area contributed by atoms with Gasteiger partial charge in [-0.1, -0.05) is 30.3 Å². The van der Waals surface area contributed by atoms with Gasteiger partial charge in [-0.25, -0.2) is 4.98 Å². The van der Waals surface area contributed by atoms with Crippen molar-refractivity contribution in [3.63, 3.8) is 0 Å². The standard InChI is InChI=1S/C21H15NO3/c23-16-12-10-15(11-13-16)20-14-22-21(25-20)18-8-4-5-9-19(18)24-17-6-2-1-3-7-17/h1-14,23H. The molecule has 0 saturated carbocycles. The van der Waals surface area contributed by atoms with Gasteiger partial charge in [0.05, 0.1) is 11.8 Å². The molecule has 0 saturated heterocycles. The van der Waals surface area contributed by atoms with E-state index in [1.54, 1.807) is 30.5 Å². The van der Waals surface area contributed by atoms with Gasteiger partial charge in [0.15, 0.2) is 5.76 Å². The lowest BCUT2D eigenvalue weighted by Gasteiger charge is -2.08. The second-order valence-corrected chi connectivity index (χ2v) is 5.49. The molecule has 4 nitrogen and oxygen atoms in total. The summed E-state index contributed by atoms with van der Waals surface area (Å²) in [7, 11) is 0. The number of hydrogen-bond donors (Lipinski definition) is 1. The number of rotatable bonds is 4. The van der Waals surface area contributed by atoms with Crippen molar-refractivity contribution in [1.82, 2.24) is 4.98 Å². The first-order valence-electron chi connectivity index (χ1n) is 7.87. The molecule has 1 N–H and O–H groups in total. The van der Waals surface area contributed by atoms with Crippen molar-refractivity contribution in [3.05, 3.63) is 85.1 Å². The van der Waals surface area contributed by atoms with E-state index in [2.05, 4.69) is 4.98 Å². The largest absolute Gasteiger partial charge is 0.508 e. The monoisotopic (exact) mass is 329 g/mol. The van der Waals surface area contributed by atoms with Gasteiger partial charge in [-0.05, 0) is 48.5 Å². The molecule has 0 spiro atoms. The first-order valence-corrected chi connectivity index (χ1v) is 7.87. The van der Waals surface area contributed by atoms with Crippen LogP contribution < -0.4 is 4.74 Å². The van der Waals surface area contributed by atoms with Crippen molar-refractivity contribution in [3.8, 4) is 40.0 Å². The quantitative estimate of drug-likeness (QED) is 0.536. The van der Waals surface area contributed by atoms with Crippen molar-refractivity contribution in [2.75, 3.05) is 0 Å². The van der Waals surface area contributed by atoms with Gasteiger partial charge >= 0.3 is 0 Å². The molecular formula is C21H15NO3. The molecule has 122 valence electrons. The van der Waals surface area contributed by atoms with Crippen LogP contribution in [0, 0.1) is 0 Å². The molecule has 4 aromatic rings. The Morgan fingerprint density at radius 3 is 2.32 bits per heavy atom. The third kappa shape index (κ3) is 3.23. The fraction of sp³-hybridized carbons (Fsp3) is 0. The van der Waals surface area contributed by atoms with E-state index in [0.29, 0.717) is 17.4 Å². The van der Waals surface area contributed by atoms with E-state index in [4.69, 9.17) is 9.15 Å². The third-order valence-electron chi connectivity index (χ3n) is 3.75. The minimum atomic E-state index is 0.213. The Bertz CT molecular complexity index is 975. The van der Waals surface area contributed by atoms with E-state index < -0.39 is 0 Å². The summed E-state index contributed by atoms with van der Waals surface area (Å²) in [5.41, 5.74) is 1.62. The van der Waals surface area contributed by atoms with Crippen molar-refractivity contribution >= 4 is 0 Å². The van der Waals surface area contributed by atoms with Crippen LogP contribution in [0.15, 0.2) is 89.5 Å². The van der Waals surface area contributed by atoms with Crippen molar-refractivity contribution in [1.29, 1.82) is 0 Å². The molecule has 1 heterocycles. The van der Waals surface area contributed by atoms with Gasteiger partial charge in [-0.2, -0.15) is 0 Å². The molecule has 0 aliphatic heterocycles. The second-order valence-electron chi connectivity index (χ2n) is 5.49. The number of phenols is 1. The maximum absolute atomic E-state index is 9.40. The first kappa shape index (κ1) is 15.0. The Labute approximate surface area is 145 Å². The van der Waals surface area contributed by atoms with Crippen LogP contribution in [-0.2, 0) is 0 Å². The lowest BCUT2D eigenvalue weighted by Crippen LogP contribution is -1.87. The number of phenolic OH excluding ortho intramolecular Hbond substituents is 1. The smallest absolute Gasteiger partial charge is 0.230 e. The molecule has 25 heavy (non-hydrogen) atoms. The molecule has 0 amide bonds. The molecule has 0 aliphatic rings. The predicted octanol–water partition coefficient (Wildman–Crippen LogP) is 5.51. The van der Waals surface area contributed by atoms with Gasteiger partial charge < -0.3 is 14.3 Å². The highest BCUT2D eigenvalue weighted by molar-refractivity contribution is 5.66. The summed E-state index contributed by atoms with van der Waals surface area (Å²) in [5.74, 6) is 2.75. The topological polar surface area (TPSA) is 55.5 Å². The van der Waals surface area contributed by atoms with Crippen LogP contribution in [0.2, 0.25) is 0 Å². The van der Waals surface area contributed by atoms with Crippen LogP contribution in [0.1, 0.15) is 0 Å². The van der Waals surface area contributed by atoms with Crippen LogP contribution in [0.4, 0.5) is 0 Å². The van der Waals surface area contributed by atoms with Gasteiger partial charge in [-0.3, -0.25) is 0 Å². The highest BCUT2D eigenvalue weighted by Crippen LogP contribution is 2.34. The van der Waals surface area contributed by atoms with E-state index in [1.165, 1.54) is 0 Å². The number of benzene rings is 3. The number of nitrogens with zero attached hydrogens (tertiary/aromatic N) is 1. The summed E-state index contributed by atoms with van der Waals surface area (Å²) in [4.78, 5) is 4.38. The molecule has 0 fully saturated rings. The van der Waals surface area contributed by atoms with Gasteiger partial charge in [-0.15, -0.1) is 0 Å². The minimum Gasteiger partial charge on any atom is -0.508 e. The third-order valence-corrected chi connectivity index (χ3v) is 3.75. The normalized spacial score (nSPS) is 10.6. The van der Waals surface area contributed by atoms with Crippen LogP contribution in [-0.4, -0.2) is 10.1 Å². The first-order chi connectivity index (χ1) is 12.3. The fourth-order valence-electron chi connectivity index (χ4n) is 2.51. The summed E-state index contributed by atoms with van der Waals surface area (Å²) >= 11 is 0. The fourth-order valence-corrected chi connectivity index (χ4v) is 2.51. The second kappa shape index (κ2) is 6.53. The number of aromatic hydroxyl groups is 1. The van der Waals surface area contributed by atoms with Crippen molar-refractivity contribution in [2.45, 2.75) is 0 Å². The van der Waals surface area contributed by atoms with E-state index in [-0.39, 0.29) is 5.75 Å². The zero-order valence-electron chi connectivity index (χ0n) is 13.3. The Morgan fingerprint density at radius 2 is 1.52 bits per heavy atom. The lowest BCUT2D eigenvalue weighted by molar-refractivity contribution is 0.475. The molecule has 4 heteroatoms. The molecule has 0 bridgehead atoms. The summed E-state index contributed by atoms with van der Waals surface area (Å²) in [6.45, 7) is 0. The highest BCUT2D eigenvalue weighted by Gasteiger charge is 2.13. The molecule has 1 aromatic heterocycles. The van der Waals surface area contributed by atoms with Gasteiger partial charge in [0.25, 0.3) is 0 Å². The van der Waals surface area contributed by atoms with Crippen molar-refractivity contribution < 1.29 is 14.3 Å². The maximum atomic E-state index is 9.40. The van der Waals surface area contributed by atoms with E-state index in [1.807, 2.05) is 54.6 Å². The van der Waals surface area contributed by atoms with Crippen LogP contribution in [0.5, 0.6) is 17.2 Å². The lowest BCUT2D eigenvalue weighted by atomic mass is 10.2. The van der Waals surface area contributed by atoms with E-state index in [9.17, 15) is 5.11 Å². The van der Waals surface area contributed by atoms with Gasteiger partial charge in [0, 0.05) is 5.56 Å². The molecule has 0 aliphatic carbocycles. The number of para-hydroxylation sites is 2. The van der Waals surface area contributed by atoms with Crippen LogP contribution >= 0.6 is 0 Å². The Hall–Kier alpha value is -3.53. The summed E-state index contributed by atoms with van der Waals surface area (Å²) in [6.07, 6.45) is 1.67. The zero-order valence-corrected chi connectivity index (χ0v) is 13.3. The Kier molecular flexibility index (Phi) is 3.92. The van der Waals surface area contributed by atoms with Crippen LogP contribution in [0.25, 0.3) is 22.8 Å². The zero-order chi connectivity index (χ0) is 17.1. The average molecular weight is 329 g/mol. The van der Waals surface area contributed by atoms with Crippen molar-refractivity contribution in [2.24, 2.45) is 0 Å². The molecule has 3 aromatic carbocycles. The van der Waals surface area contributed by atoms with Crippen LogP contribution in [0.3, 0.4) is 0 Å². The molecule has 0 radical (unpaired) electrons. The number of hydrogen-bond acceptors (Lipinski definition) is 4. The summed E-state index contributed by atoms with van der Waals surface area (Å²) in [5, 5.41) is 9.40. The Morgan fingerprint density at radius 1 is 0.800 bits per heavy atom.